The highest BCUT2D eigenvalue weighted by Gasteiger charge is 2.27. The van der Waals surface area contributed by atoms with Gasteiger partial charge < -0.3 is 9.47 Å². The Bertz CT molecular complexity index is 1030. The highest BCUT2D eigenvalue weighted by atomic mass is 32.2. The summed E-state index contributed by atoms with van der Waals surface area (Å²) in [5.74, 6) is 0.574. The molecule has 0 amide bonds. The lowest BCUT2D eigenvalue weighted by Crippen LogP contribution is -2.41. The largest absolute Gasteiger partial charge is 0.316 e. The predicted octanol–water partition coefficient (Wildman–Crippen LogP) is 4.24. The van der Waals surface area contributed by atoms with Crippen LogP contribution in [0.25, 0.3) is 11.0 Å². The van der Waals surface area contributed by atoms with E-state index < -0.39 is 0 Å². The molecule has 0 bridgehead atoms. The first kappa shape index (κ1) is 21.8. The molecule has 2 fully saturated rings. The van der Waals surface area contributed by atoms with Gasteiger partial charge in [-0.1, -0.05) is 11.8 Å². The number of nitrogens with zero attached hydrogens (tertiary/aromatic N) is 6. The van der Waals surface area contributed by atoms with Crippen LogP contribution in [0.5, 0.6) is 0 Å². The van der Waals surface area contributed by atoms with E-state index in [1.54, 1.807) is 30.1 Å². The van der Waals surface area contributed by atoms with Crippen molar-refractivity contribution in [3.63, 3.8) is 0 Å². The van der Waals surface area contributed by atoms with Crippen LogP contribution in [0.1, 0.15) is 37.3 Å². The number of likely N-dealkylation sites (tertiary alicyclic amines) is 2. The lowest BCUT2D eigenvalue weighted by atomic mass is 9.94. The van der Waals surface area contributed by atoms with Gasteiger partial charge in [-0.2, -0.15) is 10.2 Å². The molecule has 0 saturated carbocycles. The fourth-order valence-electron chi connectivity index (χ4n) is 5.27. The lowest BCUT2D eigenvalue weighted by molar-refractivity contribution is 0.115. The molecule has 2 aliphatic heterocycles. The average Bonchev–Trinajstić information content (AvgIpc) is 3.19. The monoisotopic (exact) mass is 454 g/mol. The molecular formula is C24H31FN6S. The summed E-state index contributed by atoms with van der Waals surface area (Å²) in [5, 5.41) is 8.86. The van der Waals surface area contributed by atoms with Crippen LogP contribution >= 0.6 is 11.8 Å². The van der Waals surface area contributed by atoms with Crippen molar-refractivity contribution in [2.75, 3.05) is 39.0 Å². The van der Waals surface area contributed by atoms with Crippen LogP contribution in [0.2, 0.25) is 0 Å². The summed E-state index contributed by atoms with van der Waals surface area (Å²) in [4.78, 5) is 9.87. The van der Waals surface area contributed by atoms with Gasteiger partial charge >= 0.3 is 0 Å². The highest BCUT2D eigenvalue weighted by molar-refractivity contribution is 7.98. The quantitative estimate of drug-likeness (QED) is 0.520. The Morgan fingerprint density at radius 3 is 2.50 bits per heavy atom. The first-order valence-corrected chi connectivity index (χ1v) is 12.8. The summed E-state index contributed by atoms with van der Waals surface area (Å²) in [7, 11) is 0. The summed E-state index contributed by atoms with van der Waals surface area (Å²) < 4.78 is 16.0. The van der Waals surface area contributed by atoms with Crippen molar-refractivity contribution in [1.29, 1.82) is 0 Å². The maximum Gasteiger partial charge on any atom is 0.169 e. The number of imidazole rings is 1. The molecule has 32 heavy (non-hydrogen) atoms. The molecule has 0 N–H and O–H groups in total. The van der Waals surface area contributed by atoms with Gasteiger partial charge in [0.2, 0.25) is 0 Å². The number of hydrogen-bond donors (Lipinski definition) is 0. The molecule has 6 nitrogen and oxygen atoms in total. The van der Waals surface area contributed by atoms with E-state index >= 15 is 0 Å². The number of benzene rings is 1. The predicted molar refractivity (Wildman–Crippen MR) is 126 cm³/mol. The molecule has 3 aromatic rings. The van der Waals surface area contributed by atoms with Gasteiger partial charge in [0.25, 0.3) is 0 Å². The van der Waals surface area contributed by atoms with Crippen molar-refractivity contribution in [1.82, 2.24) is 29.5 Å². The lowest BCUT2D eigenvalue weighted by Gasteiger charge is -2.38. The van der Waals surface area contributed by atoms with Crippen molar-refractivity contribution in [3.05, 3.63) is 48.0 Å². The Morgan fingerprint density at radius 1 is 1.00 bits per heavy atom. The number of piperidine rings is 2. The average molecular weight is 455 g/mol. The summed E-state index contributed by atoms with van der Waals surface area (Å²) >= 11 is 1.65. The molecule has 0 aliphatic carbocycles. The Kier molecular flexibility index (Phi) is 6.71. The molecule has 2 aromatic heterocycles. The third kappa shape index (κ3) is 4.82. The number of hydrogen-bond acceptors (Lipinski definition) is 6. The molecule has 0 spiro atoms. The second kappa shape index (κ2) is 9.85. The highest BCUT2D eigenvalue weighted by Crippen LogP contribution is 2.33. The summed E-state index contributed by atoms with van der Waals surface area (Å²) in [6, 6.07) is 7.50. The Hall–Kier alpha value is -2.03. The number of aromatic nitrogens is 4. The van der Waals surface area contributed by atoms with E-state index in [0.717, 1.165) is 67.7 Å². The Balaban J connectivity index is 1.13. The first-order valence-electron chi connectivity index (χ1n) is 11.6. The van der Waals surface area contributed by atoms with E-state index in [9.17, 15) is 4.39 Å². The molecule has 0 radical (unpaired) electrons. The maximum atomic E-state index is 13.7. The van der Waals surface area contributed by atoms with E-state index in [2.05, 4.69) is 41.9 Å². The third-order valence-corrected chi connectivity index (χ3v) is 7.65. The van der Waals surface area contributed by atoms with Crippen LogP contribution in [-0.2, 0) is 6.54 Å². The minimum Gasteiger partial charge on any atom is -0.316 e. The third-order valence-electron chi connectivity index (χ3n) is 7.00. The van der Waals surface area contributed by atoms with Gasteiger partial charge in [0.05, 0.1) is 17.2 Å². The van der Waals surface area contributed by atoms with Crippen LogP contribution in [0.4, 0.5) is 4.39 Å². The van der Waals surface area contributed by atoms with Gasteiger partial charge in [-0.05, 0) is 74.7 Å². The molecular weight excluding hydrogens is 423 g/mol. The van der Waals surface area contributed by atoms with Crippen molar-refractivity contribution >= 4 is 22.8 Å². The summed E-state index contributed by atoms with van der Waals surface area (Å²) in [5.41, 5.74) is 3.08. The number of fused-ring (bicyclic) bond motifs is 1. The SMILES string of the molecule is CSc1nc2cc(F)ccc2n1C1CCN(CC2CCN(Cc3ccnnc3)CC2)CC1. The van der Waals surface area contributed by atoms with Crippen LogP contribution in [0.3, 0.4) is 0 Å². The number of halogens is 1. The topological polar surface area (TPSA) is 50.1 Å². The van der Waals surface area contributed by atoms with Crippen LogP contribution in [-0.4, -0.2) is 68.5 Å². The van der Waals surface area contributed by atoms with Crippen LogP contribution in [0, 0.1) is 11.7 Å². The van der Waals surface area contributed by atoms with E-state index in [1.165, 1.54) is 24.9 Å². The molecule has 170 valence electrons. The zero-order valence-corrected chi connectivity index (χ0v) is 19.5. The standard InChI is InChI=1S/C24H31FN6S/c1-32-24-28-22-14-20(25)2-3-23(22)31(24)21-7-12-30(13-8-21)16-18-5-10-29(11-6-18)17-19-4-9-26-27-15-19/h2-4,9,14-15,18,21H,5-8,10-13,16-17H2,1H3. The van der Waals surface area contributed by atoms with Crippen molar-refractivity contribution < 1.29 is 4.39 Å². The number of rotatable bonds is 6. The Morgan fingerprint density at radius 2 is 1.78 bits per heavy atom. The molecule has 0 unspecified atom stereocenters. The van der Waals surface area contributed by atoms with Gasteiger partial charge in [0, 0.05) is 44.5 Å². The van der Waals surface area contributed by atoms with Gasteiger partial charge in [0.15, 0.2) is 5.16 Å². The van der Waals surface area contributed by atoms with Crippen LogP contribution in [0.15, 0.2) is 41.8 Å². The smallest absolute Gasteiger partial charge is 0.169 e. The van der Waals surface area contributed by atoms with Crippen molar-refractivity contribution in [2.24, 2.45) is 5.92 Å². The van der Waals surface area contributed by atoms with Crippen molar-refractivity contribution in [3.8, 4) is 0 Å². The zero-order chi connectivity index (χ0) is 21.9. The van der Waals surface area contributed by atoms with Gasteiger partial charge in [-0.3, -0.25) is 4.90 Å². The van der Waals surface area contributed by atoms with E-state index in [0.29, 0.717) is 6.04 Å². The molecule has 0 atom stereocenters. The minimum atomic E-state index is -0.215. The fourth-order valence-corrected chi connectivity index (χ4v) is 5.90. The summed E-state index contributed by atoms with van der Waals surface area (Å²) in [6.07, 6.45) is 10.5. The molecule has 1 aromatic carbocycles. The second-order valence-corrected chi connectivity index (χ2v) is 9.88. The molecule has 8 heteroatoms. The molecule has 2 saturated heterocycles. The minimum absolute atomic E-state index is 0.215. The molecule has 5 rings (SSSR count). The van der Waals surface area contributed by atoms with E-state index in [1.807, 2.05) is 12.3 Å². The van der Waals surface area contributed by atoms with Crippen LogP contribution < -0.4 is 0 Å². The normalized spacial score (nSPS) is 19.7. The van der Waals surface area contributed by atoms with E-state index in [-0.39, 0.29) is 5.82 Å². The first-order chi connectivity index (χ1) is 15.7. The maximum absolute atomic E-state index is 13.7. The zero-order valence-electron chi connectivity index (χ0n) is 18.7. The fraction of sp³-hybridized carbons (Fsp3) is 0.542. The van der Waals surface area contributed by atoms with Gasteiger partial charge in [-0.15, -0.1) is 0 Å². The van der Waals surface area contributed by atoms with Crippen molar-refractivity contribution in [2.45, 2.75) is 43.4 Å². The Labute approximate surface area is 193 Å². The van der Waals surface area contributed by atoms with Gasteiger partial charge in [0.1, 0.15) is 5.82 Å². The summed E-state index contributed by atoms with van der Waals surface area (Å²) in [6.45, 7) is 6.78. The number of thioether (sulfide) groups is 1. The van der Waals surface area contributed by atoms with E-state index in [4.69, 9.17) is 0 Å². The molecule has 4 heterocycles. The molecule has 2 aliphatic rings. The van der Waals surface area contributed by atoms with Gasteiger partial charge in [-0.25, -0.2) is 9.37 Å². The second-order valence-electron chi connectivity index (χ2n) is 9.10.